The van der Waals surface area contributed by atoms with Gasteiger partial charge in [-0.05, 0) is 12.8 Å². The number of nitrogens with zero attached hydrogens (tertiary/aromatic N) is 4. The van der Waals surface area contributed by atoms with Gasteiger partial charge >= 0.3 is 0 Å². The number of anilines is 1. The van der Waals surface area contributed by atoms with Crippen LogP contribution in [0.4, 0.5) is 5.82 Å². The maximum Gasteiger partial charge on any atom is 0.214 e. The molecule has 0 aromatic carbocycles. The van der Waals surface area contributed by atoms with Crippen molar-refractivity contribution in [3.8, 4) is 0 Å². The Morgan fingerprint density at radius 2 is 1.95 bits per heavy atom. The van der Waals surface area contributed by atoms with E-state index >= 15 is 0 Å². The summed E-state index contributed by atoms with van der Waals surface area (Å²) in [5.74, 6) is 1.14. The molecule has 6 nitrogen and oxygen atoms in total. The Labute approximate surface area is 127 Å². The number of hydrogen-bond acceptors (Lipinski definition) is 5. The second-order valence-electron chi connectivity index (χ2n) is 5.59. The predicted molar refractivity (Wildman–Crippen MR) is 84.0 cm³/mol. The van der Waals surface area contributed by atoms with Gasteiger partial charge in [-0.3, -0.25) is 0 Å². The zero-order valence-corrected chi connectivity index (χ0v) is 13.9. The van der Waals surface area contributed by atoms with E-state index in [0.29, 0.717) is 32.4 Å². The molecule has 7 heteroatoms. The minimum absolute atomic E-state index is 0.242. The van der Waals surface area contributed by atoms with Crippen molar-refractivity contribution < 1.29 is 8.42 Å². The van der Waals surface area contributed by atoms with E-state index in [0.717, 1.165) is 23.5 Å². The highest BCUT2D eigenvalue weighted by Crippen LogP contribution is 2.23. The molecule has 1 aromatic heterocycles. The Kier molecular flexibility index (Phi) is 5.16. The lowest BCUT2D eigenvalue weighted by Crippen LogP contribution is -2.35. The molecule has 0 fully saturated rings. The molecule has 118 valence electrons. The average molecular weight is 312 g/mol. The molecule has 0 spiro atoms. The van der Waals surface area contributed by atoms with E-state index in [1.54, 1.807) is 10.6 Å². The molecule has 0 radical (unpaired) electrons. The molecule has 1 aliphatic rings. The Bertz CT molecular complexity index is 587. The smallest absolute Gasteiger partial charge is 0.214 e. The molecule has 2 rings (SSSR count). The highest BCUT2D eigenvalue weighted by molar-refractivity contribution is 7.89. The Hall–Kier alpha value is -1.21. The van der Waals surface area contributed by atoms with Crippen LogP contribution in [0.1, 0.15) is 31.0 Å². The summed E-state index contributed by atoms with van der Waals surface area (Å²) < 4.78 is 26.3. The number of unbranched alkanes of at least 4 members (excludes halogenated alkanes) is 1. The maximum absolute atomic E-state index is 12.3. The molecule has 0 atom stereocenters. The fourth-order valence-corrected chi connectivity index (χ4v) is 4.26. The van der Waals surface area contributed by atoms with Crippen LogP contribution in [0.5, 0.6) is 0 Å². The van der Waals surface area contributed by atoms with E-state index in [1.165, 1.54) is 0 Å². The quantitative estimate of drug-likeness (QED) is 0.814. The van der Waals surface area contributed by atoms with E-state index in [2.05, 4.69) is 9.97 Å². The zero-order valence-electron chi connectivity index (χ0n) is 13.0. The summed E-state index contributed by atoms with van der Waals surface area (Å²) in [4.78, 5) is 10.6. The van der Waals surface area contributed by atoms with Gasteiger partial charge in [0.05, 0.1) is 11.4 Å². The van der Waals surface area contributed by atoms with Crippen LogP contribution in [0.25, 0.3) is 0 Å². The van der Waals surface area contributed by atoms with Crippen molar-refractivity contribution in [3.63, 3.8) is 0 Å². The summed E-state index contributed by atoms with van der Waals surface area (Å²) in [5, 5.41) is 0. The molecule has 0 amide bonds. The summed E-state index contributed by atoms with van der Waals surface area (Å²) in [6.07, 6.45) is 4.51. The minimum Gasteiger partial charge on any atom is -0.362 e. The van der Waals surface area contributed by atoms with Crippen LogP contribution >= 0.6 is 0 Å². The third-order valence-electron chi connectivity index (χ3n) is 3.79. The van der Waals surface area contributed by atoms with Gasteiger partial charge in [0.15, 0.2) is 0 Å². The van der Waals surface area contributed by atoms with E-state index in [9.17, 15) is 8.42 Å². The van der Waals surface area contributed by atoms with Crippen LogP contribution in [0.15, 0.2) is 6.33 Å². The van der Waals surface area contributed by atoms with Gasteiger partial charge in [0, 0.05) is 39.2 Å². The number of aromatic nitrogens is 2. The molecule has 0 saturated carbocycles. The Morgan fingerprint density at radius 1 is 1.24 bits per heavy atom. The van der Waals surface area contributed by atoms with Crippen molar-refractivity contribution in [2.45, 2.75) is 32.6 Å². The van der Waals surface area contributed by atoms with Gasteiger partial charge in [-0.15, -0.1) is 0 Å². The van der Waals surface area contributed by atoms with Crippen molar-refractivity contribution in [2.24, 2.45) is 0 Å². The van der Waals surface area contributed by atoms with Gasteiger partial charge < -0.3 is 4.90 Å². The van der Waals surface area contributed by atoms with Crippen molar-refractivity contribution in [2.75, 3.05) is 37.8 Å². The summed E-state index contributed by atoms with van der Waals surface area (Å²) in [7, 11) is 0.747. The van der Waals surface area contributed by atoms with Crippen molar-refractivity contribution in [1.82, 2.24) is 14.3 Å². The largest absolute Gasteiger partial charge is 0.362 e. The summed E-state index contributed by atoms with van der Waals surface area (Å²) in [6, 6.07) is 0. The lowest BCUT2D eigenvalue weighted by Gasteiger charge is -2.19. The van der Waals surface area contributed by atoms with Gasteiger partial charge in [0.1, 0.15) is 12.1 Å². The first-order valence-electron chi connectivity index (χ1n) is 7.43. The van der Waals surface area contributed by atoms with Gasteiger partial charge in [-0.2, -0.15) is 0 Å². The number of sulfonamides is 1. The SMILES string of the molecule is CCCCS(=O)(=O)N1CCc2ncnc(N(C)C)c2CC1. The first-order chi connectivity index (χ1) is 9.95. The van der Waals surface area contributed by atoms with Crippen LogP contribution in [-0.4, -0.2) is 55.6 Å². The van der Waals surface area contributed by atoms with Gasteiger partial charge in [0.2, 0.25) is 10.0 Å². The molecular formula is C14H24N4O2S. The first-order valence-corrected chi connectivity index (χ1v) is 9.04. The Balaban J connectivity index is 2.19. The van der Waals surface area contributed by atoms with Gasteiger partial charge in [0.25, 0.3) is 0 Å². The minimum atomic E-state index is -3.15. The van der Waals surface area contributed by atoms with E-state index < -0.39 is 10.0 Å². The molecule has 0 saturated heterocycles. The molecule has 0 aliphatic carbocycles. The zero-order chi connectivity index (χ0) is 15.5. The lowest BCUT2D eigenvalue weighted by molar-refractivity contribution is 0.425. The fraction of sp³-hybridized carbons (Fsp3) is 0.714. The van der Waals surface area contributed by atoms with Crippen LogP contribution in [0, 0.1) is 0 Å². The predicted octanol–water partition coefficient (Wildman–Crippen LogP) is 1.07. The van der Waals surface area contributed by atoms with Gasteiger partial charge in [-0.1, -0.05) is 13.3 Å². The van der Waals surface area contributed by atoms with Crippen molar-refractivity contribution in [1.29, 1.82) is 0 Å². The third kappa shape index (κ3) is 3.71. The lowest BCUT2D eigenvalue weighted by atomic mass is 10.1. The monoisotopic (exact) mass is 312 g/mol. The van der Waals surface area contributed by atoms with Crippen molar-refractivity contribution >= 4 is 15.8 Å². The molecule has 0 N–H and O–H groups in total. The highest BCUT2D eigenvalue weighted by atomic mass is 32.2. The molecule has 21 heavy (non-hydrogen) atoms. The second-order valence-corrected chi connectivity index (χ2v) is 7.67. The topological polar surface area (TPSA) is 66.4 Å². The van der Waals surface area contributed by atoms with E-state index in [1.807, 2.05) is 25.9 Å². The molecule has 0 bridgehead atoms. The molecule has 1 aromatic rings. The summed E-state index contributed by atoms with van der Waals surface area (Å²) in [5.41, 5.74) is 2.05. The van der Waals surface area contributed by atoms with Crippen molar-refractivity contribution in [3.05, 3.63) is 17.6 Å². The third-order valence-corrected chi connectivity index (χ3v) is 5.75. The number of rotatable bonds is 5. The molecular weight excluding hydrogens is 288 g/mol. The van der Waals surface area contributed by atoms with E-state index in [-0.39, 0.29) is 5.75 Å². The molecule has 0 unspecified atom stereocenters. The number of hydrogen-bond donors (Lipinski definition) is 0. The first kappa shape index (κ1) is 16.2. The average Bonchev–Trinajstić information content (AvgIpc) is 2.67. The maximum atomic E-state index is 12.3. The standard InChI is InChI=1S/C14H24N4O2S/c1-4-5-10-21(19,20)18-8-6-12-13(7-9-18)15-11-16-14(12)17(2)3/h11H,4-10H2,1-3H3. The fourth-order valence-electron chi connectivity index (χ4n) is 2.61. The molecule has 1 aliphatic heterocycles. The molecule has 2 heterocycles. The highest BCUT2D eigenvalue weighted by Gasteiger charge is 2.26. The Morgan fingerprint density at radius 3 is 2.62 bits per heavy atom. The van der Waals surface area contributed by atoms with E-state index in [4.69, 9.17) is 0 Å². The summed E-state index contributed by atoms with van der Waals surface area (Å²) in [6.45, 7) is 3.04. The van der Waals surface area contributed by atoms with Crippen LogP contribution in [-0.2, 0) is 22.9 Å². The number of fused-ring (bicyclic) bond motifs is 1. The van der Waals surface area contributed by atoms with Crippen LogP contribution in [0.3, 0.4) is 0 Å². The second kappa shape index (κ2) is 6.70. The van der Waals surface area contributed by atoms with Crippen LogP contribution < -0.4 is 4.90 Å². The summed E-state index contributed by atoms with van der Waals surface area (Å²) >= 11 is 0. The van der Waals surface area contributed by atoms with Gasteiger partial charge in [-0.25, -0.2) is 22.7 Å². The normalized spacial score (nSPS) is 16.3. The van der Waals surface area contributed by atoms with Crippen LogP contribution in [0.2, 0.25) is 0 Å².